The molecule has 0 unspecified atom stereocenters. The molecule has 2 amide bonds. The third-order valence-electron chi connectivity index (χ3n) is 6.02. The van der Waals surface area contributed by atoms with Crippen LogP contribution in [0.4, 0.5) is 15.3 Å². The highest BCUT2D eigenvalue weighted by Gasteiger charge is 2.23. The fraction of sp³-hybridized carbons (Fsp3) is 0.444. The molecule has 0 aromatic heterocycles. The normalized spacial score (nSPS) is 16.1. The highest BCUT2D eigenvalue weighted by Crippen LogP contribution is 2.30. The average molecular weight is 543 g/mol. The van der Waals surface area contributed by atoms with Crippen LogP contribution in [0.5, 0.6) is 11.5 Å². The number of ether oxygens (including phenoxy) is 4. The molecule has 1 saturated heterocycles. The van der Waals surface area contributed by atoms with Crippen LogP contribution in [0.1, 0.15) is 24.5 Å². The average Bonchev–Trinajstić information content (AvgIpc) is 2.94. The van der Waals surface area contributed by atoms with Gasteiger partial charge in [0, 0.05) is 36.6 Å². The maximum Gasteiger partial charge on any atom is 0.411 e. The van der Waals surface area contributed by atoms with Crippen molar-refractivity contribution < 1.29 is 28.5 Å². The second-order valence-electron chi connectivity index (χ2n) is 8.78. The molecule has 0 spiro atoms. The van der Waals surface area contributed by atoms with Gasteiger partial charge in [-0.2, -0.15) is 5.10 Å². The van der Waals surface area contributed by atoms with Crippen molar-refractivity contribution in [1.82, 2.24) is 9.91 Å². The van der Waals surface area contributed by atoms with Crippen LogP contribution >= 0.6 is 11.8 Å². The summed E-state index contributed by atoms with van der Waals surface area (Å²) in [6.45, 7) is 7.08. The first kappa shape index (κ1) is 27.7. The van der Waals surface area contributed by atoms with Crippen LogP contribution < -0.4 is 14.8 Å². The van der Waals surface area contributed by atoms with E-state index in [1.54, 1.807) is 19.2 Å². The van der Waals surface area contributed by atoms with Gasteiger partial charge in [0.05, 0.1) is 39.2 Å². The van der Waals surface area contributed by atoms with Crippen LogP contribution in [0, 0.1) is 0 Å². The number of nitrogens with one attached hydrogen (secondary N) is 1. The van der Waals surface area contributed by atoms with Gasteiger partial charge in [-0.3, -0.25) is 15.0 Å². The van der Waals surface area contributed by atoms with Gasteiger partial charge >= 0.3 is 11.3 Å². The molecule has 2 aliphatic heterocycles. The number of hydrazone groups is 1. The zero-order valence-corrected chi connectivity index (χ0v) is 22.6. The van der Waals surface area contributed by atoms with E-state index in [0.717, 1.165) is 36.3 Å². The third kappa shape index (κ3) is 7.86. The minimum atomic E-state index is -0.496. The lowest BCUT2D eigenvalue weighted by Crippen LogP contribution is -2.38. The van der Waals surface area contributed by atoms with Crippen molar-refractivity contribution in [1.29, 1.82) is 0 Å². The van der Waals surface area contributed by atoms with E-state index in [2.05, 4.69) is 15.3 Å². The molecule has 0 atom stereocenters. The van der Waals surface area contributed by atoms with E-state index in [4.69, 9.17) is 18.9 Å². The summed E-state index contributed by atoms with van der Waals surface area (Å²) >= 11 is 1.21. The number of nitrogens with zero attached hydrogens (tertiary/aromatic N) is 3. The van der Waals surface area contributed by atoms with Gasteiger partial charge < -0.3 is 18.9 Å². The molecular formula is C27H34N4O6S. The van der Waals surface area contributed by atoms with Crippen molar-refractivity contribution >= 4 is 34.5 Å². The Labute approximate surface area is 227 Å². The van der Waals surface area contributed by atoms with Crippen molar-refractivity contribution in [2.75, 3.05) is 64.2 Å². The first-order valence-corrected chi connectivity index (χ1v) is 13.7. The fourth-order valence-electron chi connectivity index (χ4n) is 3.95. The SMILES string of the molecule is CCCOc1cc(C2=NN(Cc3ccc(NC(=O)OCCN4CCOCC4)cc3)C(=O)SC2)ccc1OC. The summed E-state index contributed by atoms with van der Waals surface area (Å²) in [5, 5.41) is 8.71. The van der Waals surface area contributed by atoms with Gasteiger partial charge in [0.1, 0.15) is 6.61 Å². The minimum absolute atomic E-state index is 0.115. The molecule has 204 valence electrons. The van der Waals surface area contributed by atoms with Crippen LogP contribution in [-0.4, -0.2) is 85.9 Å². The number of benzene rings is 2. The molecule has 0 saturated carbocycles. The summed E-state index contributed by atoms with van der Waals surface area (Å²) < 4.78 is 21.8. The Morgan fingerprint density at radius 1 is 1.11 bits per heavy atom. The molecule has 11 heteroatoms. The van der Waals surface area contributed by atoms with E-state index in [1.165, 1.54) is 16.8 Å². The lowest BCUT2D eigenvalue weighted by Gasteiger charge is -2.26. The summed E-state index contributed by atoms with van der Waals surface area (Å²) in [5.74, 6) is 1.80. The lowest BCUT2D eigenvalue weighted by molar-refractivity contribution is 0.0290. The molecule has 4 rings (SSSR count). The molecule has 38 heavy (non-hydrogen) atoms. The topological polar surface area (TPSA) is 102 Å². The molecule has 10 nitrogen and oxygen atoms in total. The Bertz CT molecular complexity index is 1120. The van der Waals surface area contributed by atoms with Crippen molar-refractivity contribution in [3.05, 3.63) is 53.6 Å². The number of carbonyl (C=O) groups excluding carboxylic acids is 2. The number of anilines is 1. The number of thioether (sulfide) groups is 1. The van der Waals surface area contributed by atoms with E-state index < -0.39 is 6.09 Å². The van der Waals surface area contributed by atoms with Crippen molar-refractivity contribution in [3.8, 4) is 11.5 Å². The molecule has 2 aliphatic rings. The molecule has 2 heterocycles. The van der Waals surface area contributed by atoms with Crippen molar-refractivity contribution in [3.63, 3.8) is 0 Å². The first-order valence-electron chi connectivity index (χ1n) is 12.7. The Morgan fingerprint density at radius 2 is 1.89 bits per heavy atom. The number of hydrogen-bond acceptors (Lipinski definition) is 9. The number of carbonyl (C=O) groups is 2. The van der Waals surface area contributed by atoms with Gasteiger partial charge in [-0.15, -0.1) is 0 Å². The Balaban J connectivity index is 1.33. The van der Waals surface area contributed by atoms with Crippen molar-refractivity contribution in [2.45, 2.75) is 19.9 Å². The van der Waals surface area contributed by atoms with Gasteiger partial charge in [-0.05, 0) is 42.3 Å². The quantitative estimate of drug-likeness (QED) is 0.445. The first-order chi connectivity index (χ1) is 18.6. The summed E-state index contributed by atoms with van der Waals surface area (Å²) in [6, 6.07) is 13.0. The zero-order chi connectivity index (χ0) is 26.7. The molecule has 1 fully saturated rings. The van der Waals surface area contributed by atoms with Gasteiger partial charge in [0.25, 0.3) is 0 Å². The van der Waals surface area contributed by atoms with Crippen LogP contribution in [0.2, 0.25) is 0 Å². The molecule has 2 aromatic carbocycles. The predicted molar refractivity (Wildman–Crippen MR) is 147 cm³/mol. The maximum absolute atomic E-state index is 12.6. The Kier molecular flexibility index (Phi) is 10.2. The molecule has 0 aliphatic carbocycles. The minimum Gasteiger partial charge on any atom is -0.493 e. The lowest BCUT2D eigenvalue weighted by atomic mass is 10.1. The fourth-order valence-corrected chi connectivity index (χ4v) is 4.69. The van der Waals surface area contributed by atoms with Crippen molar-refractivity contribution in [2.24, 2.45) is 5.10 Å². The second-order valence-corrected chi connectivity index (χ2v) is 9.71. The van der Waals surface area contributed by atoms with E-state index >= 15 is 0 Å². The summed E-state index contributed by atoms with van der Waals surface area (Å²) in [5.41, 5.74) is 3.17. The van der Waals surface area contributed by atoms with Crippen LogP contribution in [0.15, 0.2) is 47.6 Å². The predicted octanol–water partition coefficient (Wildman–Crippen LogP) is 4.44. The van der Waals surface area contributed by atoms with Gasteiger partial charge in [-0.1, -0.05) is 30.8 Å². The van der Waals surface area contributed by atoms with E-state index in [-0.39, 0.29) is 5.24 Å². The Hall–Kier alpha value is -3.28. The van der Waals surface area contributed by atoms with Crippen LogP contribution in [0.3, 0.4) is 0 Å². The van der Waals surface area contributed by atoms with Gasteiger partial charge in [0.2, 0.25) is 0 Å². The highest BCUT2D eigenvalue weighted by atomic mass is 32.2. The standard InChI is InChI=1S/C27H34N4O6S/c1-3-13-36-25-17-21(6-9-24(25)34-2)23-19-38-27(33)31(29-23)18-20-4-7-22(8-5-20)28-26(32)37-16-12-30-10-14-35-15-11-30/h4-9,17H,3,10-16,18-19H2,1-2H3,(H,28,32). The Morgan fingerprint density at radius 3 is 2.63 bits per heavy atom. The molecular weight excluding hydrogens is 508 g/mol. The number of amides is 2. The van der Waals surface area contributed by atoms with Gasteiger partial charge in [-0.25, -0.2) is 9.80 Å². The molecule has 2 aromatic rings. The number of methoxy groups -OCH3 is 1. The second kappa shape index (κ2) is 14.0. The molecule has 0 bridgehead atoms. The smallest absolute Gasteiger partial charge is 0.411 e. The summed E-state index contributed by atoms with van der Waals surface area (Å²) in [7, 11) is 1.61. The molecule has 1 N–H and O–H groups in total. The van der Waals surface area contributed by atoms with Gasteiger partial charge in [0.15, 0.2) is 11.5 Å². The largest absolute Gasteiger partial charge is 0.493 e. The molecule has 0 radical (unpaired) electrons. The highest BCUT2D eigenvalue weighted by molar-refractivity contribution is 8.14. The summed E-state index contributed by atoms with van der Waals surface area (Å²) in [4.78, 5) is 26.9. The third-order valence-corrected chi connectivity index (χ3v) is 6.90. The maximum atomic E-state index is 12.6. The van der Waals surface area contributed by atoms with E-state index in [0.29, 0.717) is 62.5 Å². The van der Waals surface area contributed by atoms with Crippen LogP contribution in [-0.2, 0) is 16.0 Å². The van der Waals surface area contributed by atoms with E-state index in [1.807, 2.05) is 37.3 Å². The monoisotopic (exact) mass is 542 g/mol. The number of hydrogen-bond donors (Lipinski definition) is 1. The van der Waals surface area contributed by atoms with E-state index in [9.17, 15) is 9.59 Å². The number of rotatable bonds is 11. The van der Waals surface area contributed by atoms with Crippen LogP contribution in [0.25, 0.3) is 0 Å². The zero-order valence-electron chi connectivity index (χ0n) is 21.8. The summed E-state index contributed by atoms with van der Waals surface area (Å²) in [6.07, 6.45) is 0.390. The number of morpholine rings is 1.